The molecule has 0 spiro atoms. The van der Waals surface area contributed by atoms with E-state index in [1.54, 1.807) is 24.3 Å². The molecule has 6 nitrogen and oxygen atoms in total. The molecule has 0 radical (unpaired) electrons. The fraction of sp³-hybridized carbons (Fsp3) is 0.261. The van der Waals surface area contributed by atoms with Crippen LogP contribution < -0.4 is 15.5 Å². The predicted octanol–water partition coefficient (Wildman–Crippen LogP) is 5.42. The molecule has 1 saturated heterocycles. The molecule has 30 heavy (non-hydrogen) atoms. The number of piperidine rings is 1. The largest absolute Gasteiger partial charge is 0.356 e. The van der Waals surface area contributed by atoms with E-state index in [1.807, 2.05) is 37.3 Å². The molecule has 1 aromatic heterocycles. The summed E-state index contributed by atoms with van der Waals surface area (Å²) in [4.78, 5) is 23.9. The number of hydrogen-bond donors (Lipinski definition) is 2. The highest BCUT2D eigenvalue weighted by Crippen LogP contribution is 2.22. The summed E-state index contributed by atoms with van der Waals surface area (Å²) in [5.74, 6) is 1.34. The number of aryl methyl sites for hydroxylation is 1. The van der Waals surface area contributed by atoms with E-state index >= 15 is 0 Å². The third-order valence-corrected chi connectivity index (χ3v) is 5.24. The van der Waals surface area contributed by atoms with Crippen LogP contribution >= 0.6 is 11.6 Å². The fourth-order valence-corrected chi connectivity index (χ4v) is 3.68. The van der Waals surface area contributed by atoms with Gasteiger partial charge in [0, 0.05) is 46.8 Å². The van der Waals surface area contributed by atoms with Crippen LogP contribution in [0.5, 0.6) is 0 Å². The van der Waals surface area contributed by atoms with E-state index in [1.165, 1.54) is 19.3 Å². The van der Waals surface area contributed by atoms with E-state index in [2.05, 4.69) is 20.5 Å². The molecular weight excluding hydrogens is 398 g/mol. The minimum atomic E-state index is -0.202. The number of nitrogens with one attached hydrogen (secondary N) is 2. The van der Waals surface area contributed by atoms with E-state index in [4.69, 9.17) is 16.6 Å². The molecule has 1 fully saturated rings. The summed E-state index contributed by atoms with van der Waals surface area (Å²) < 4.78 is 0. The van der Waals surface area contributed by atoms with Gasteiger partial charge in [0.15, 0.2) is 0 Å². The van der Waals surface area contributed by atoms with Gasteiger partial charge in [-0.1, -0.05) is 17.7 Å². The van der Waals surface area contributed by atoms with Crippen LogP contribution in [0.1, 0.15) is 35.3 Å². The molecule has 7 heteroatoms. The number of anilines is 4. The lowest BCUT2D eigenvalue weighted by Gasteiger charge is -2.28. The second-order valence-corrected chi connectivity index (χ2v) is 7.84. The fourth-order valence-electron chi connectivity index (χ4n) is 3.49. The van der Waals surface area contributed by atoms with Crippen molar-refractivity contribution in [3.05, 3.63) is 70.9 Å². The molecule has 4 rings (SSSR count). The van der Waals surface area contributed by atoms with Crippen LogP contribution in [0.4, 0.5) is 23.1 Å². The predicted molar refractivity (Wildman–Crippen MR) is 122 cm³/mol. The normalized spacial score (nSPS) is 13.7. The Hall–Kier alpha value is -3.12. The van der Waals surface area contributed by atoms with Gasteiger partial charge in [-0.25, -0.2) is 4.98 Å². The first kappa shape index (κ1) is 20.2. The maximum absolute atomic E-state index is 12.4. The summed E-state index contributed by atoms with van der Waals surface area (Å²) in [6, 6.07) is 16.4. The zero-order valence-corrected chi connectivity index (χ0v) is 17.6. The molecule has 154 valence electrons. The lowest BCUT2D eigenvalue weighted by atomic mass is 10.1. The Labute approximate surface area is 181 Å². The number of rotatable bonds is 5. The first-order valence-electron chi connectivity index (χ1n) is 10.1. The first-order chi connectivity index (χ1) is 14.6. The van der Waals surface area contributed by atoms with Gasteiger partial charge < -0.3 is 15.5 Å². The molecule has 2 aromatic carbocycles. The van der Waals surface area contributed by atoms with Gasteiger partial charge in [0.05, 0.1) is 0 Å². The second-order valence-electron chi connectivity index (χ2n) is 7.41. The molecule has 2 heterocycles. The number of amides is 1. The molecule has 1 aliphatic heterocycles. The number of nitrogens with zero attached hydrogens (tertiary/aromatic N) is 3. The van der Waals surface area contributed by atoms with Crippen molar-refractivity contribution in [2.24, 2.45) is 0 Å². The minimum Gasteiger partial charge on any atom is -0.356 e. The molecule has 1 amide bonds. The zero-order valence-electron chi connectivity index (χ0n) is 16.9. The topological polar surface area (TPSA) is 70.2 Å². The average molecular weight is 422 g/mol. The van der Waals surface area contributed by atoms with Crippen molar-refractivity contribution < 1.29 is 4.79 Å². The van der Waals surface area contributed by atoms with Crippen LogP contribution in [-0.2, 0) is 0 Å². The van der Waals surface area contributed by atoms with E-state index in [9.17, 15) is 4.79 Å². The summed E-state index contributed by atoms with van der Waals surface area (Å²) in [6.45, 7) is 4.06. The van der Waals surface area contributed by atoms with E-state index in [0.29, 0.717) is 22.2 Å². The molecule has 0 aliphatic carbocycles. The Kier molecular flexibility index (Phi) is 6.14. The van der Waals surface area contributed by atoms with Crippen molar-refractivity contribution in [3.8, 4) is 0 Å². The summed E-state index contributed by atoms with van der Waals surface area (Å²) in [7, 11) is 0. The third kappa shape index (κ3) is 5.07. The molecule has 0 atom stereocenters. The second kappa shape index (κ2) is 9.13. The SMILES string of the molecule is Cc1cc(N2CCCCC2)nc(Nc2ccc(NC(=O)c3cccc(Cl)c3)cc2)n1. The maximum atomic E-state index is 12.4. The zero-order chi connectivity index (χ0) is 20.9. The maximum Gasteiger partial charge on any atom is 0.255 e. The Morgan fingerprint density at radius 3 is 2.43 bits per heavy atom. The summed E-state index contributed by atoms with van der Waals surface area (Å²) >= 11 is 5.96. The highest BCUT2D eigenvalue weighted by atomic mass is 35.5. The molecule has 3 aromatic rings. The minimum absolute atomic E-state index is 0.202. The standard InChI is InChI=1S/C23H24ClN5O/c1-16-14-21(29-12-3-2-4-13-29)28-23(25-16)27-20-10-8-19(9-11-20)26-22(30)17-6-5-7-18(24)15-17/h5-11,14-15H,2-4,12-13H2,1H3,(H,26,30)(H,25,27,28). The van der Waals surface area contributed by atoms with Gasteiger partial charge in [0.25, 0.3) is 5.91 Å². The summed E-state index contributed by atoms with van der Waals surface area (Å²) in [5, 5.41) is 6.67. The smallest absolute Gasteiger partial charge is 0.255 e. The van der Waals surface area contributed by atoms with Crippen molar-refractivity contribution >= 4 is 40.6 Å². The van der Waals surface area contributed by atoms with Gasteiger partial charge in [0.2, 0.25) is 5.95 Å². The van der Waals surface area contributed by atoms with E-state index < -0.39 is 0 Å². The van der Waals surface area contributed by atoms with Crippen molar-refractivity contribution in [1.29, 1.82) is 0 Å². The number of halogens is 1. The molecule has 0 unspecified atom stereocenters. The van der Waals surface area contributed by atoms with Crippen LogP contribution in [0.3, 0.4) is 0 Å². The van der Waals surface area contributed by atoms with Crippen LogP contribution in [0.2, 0.25) is 5.02 Å². The molecule has 0 saturated carbocycles. The Morgan fingerprint density at radius 1 is 0.967 bits per heavy atom. The van der Waals surface area contributed by atoms with Crippen molar-refractivity contribution in [1.82, 2.24) is 9.97 Å². The van der Waals surface area contributed by atoms with Crippen molar-refractivity contribution in [2.75, 3.05) is 28.6 Å². The summed E-state index contributed by atoms with van der Waals surface area (Å²) in [5.41, 5.74) is 3.00. The number of benzene rings is 2. The van der Waals surface area contributed by atoms with Gasteiger partial charge in [-0.2, -0.15) is 4.98 Å². The van der Waals surface area contributed by atoms with Gasteiger partial charge in [0.1, 0.15) is 5.82 Å². The number of carbonyl (C=O) groups is 1. The van der Waals surface area contributed by atoms with Gasteiger partial charge >= 0.3 is 0 Å². The summed E-state index contributed by atoms with van der Waals surface area (Å²) in [6.07, 6.45) is 3.69. The quantitative estimate of drug-likeness (QED) is 0.575. The van der Waals surface area contributed by atoms with Crippen LogP contribution in [-0.4, -0.2) is 29.0 Å². The first-order valence-corrected chi connectivity index (χ1v) is 10.5. The van der Waals surface area contributed by atoms with E-state index in [-0.39, 0.29) is 5.91 Å². The van der Waals surface area contributed by atoms with Gasteiger partial charge in [-0.15, -0.1) is 0 Å². The highest BCUT2D eigenvalue weighted by molar-refractivity contribution is 6.31. The van der Waals surface area contributed by atoms with Crippen LogP contribution in [0.25, 0.3) is 0 Å². The molecular formula is C23H24ClN5O. The van der Waals surface area contributed by atoms with Gasteiger partial charge in [-0.05, 0) is 68.7 Å². The monoisotopic (exact) mass is 421 g/mol. The molecule has 1 aliphatic rings. The van der Waals surface area contributed by atoms with Crippen molar-refractivity contribution in [2.45, 2.75) is 26.2 Å². The highest BCUT2D eigenvalue weighted by Gasteiger charge is 2.14. The number of carbonyl (C=O) groups excluding carboxylic acids is 1. The van der Waals surface area contributed by atoms with E-state index in [0.717, 1.165) is 30.3 Å². The third-order valence-electron chi connectivity index (χ3n) is 5.01. The van der Waals surface area contributed by atoms with Crippen LogP contribution in [0, 0.1) is 6.92 Å². The number of aromatic nitrogens is 2. The average Bonchev–Trinajstić information content (AvgIpc) is 2.75. The number of hydrogen-bond acceptors (Lipinski definition) is 5. The molecule has 2 N–H and O–H groups in total. The molecule has 0 bridgehead atoms. The van der Waals surface area contributed by atoms with Crippen LogP contribution in [0.15, 0.2) is 54.6 Å². The van der Waals surface area contributed by atoms with Crippen molar-refractivity contribution in [3.63, 3.8) is 0 Å². The lowest BCUT2D eigenvalue weighted by molar-refractivity contribution is 0.102. The Bertz CT molecular complexity index is 1030. The Balaban J connectivity index is 1.43. The lowest BCUT2D eigenvalue weighted by Crippen LogP contribution is -2.30. The van der Waals surface area contributed by atoms with Gasteiger partial charge in [-0.3, -0.25) is 4.79 Å². The Morgan fingerprint density at radius 2 is 1.70 bits per heavy atom.